The third-order valence-electron chi connectivity index (χ3n) is 4.02. The maximum atomic E-state index is 12.5. The summed E-state index contributed by atoms with van der Waals surface area (Å²) in [5, 5.41) is 2.68. The molecular formula is C19H20N4O2. The van der Waals surface area contributed by atoms with Crippen LogP contribution in [0.3, 0.4) is 0 Å². The number of nitrogens with one attached hydrogen (secondary N) is 1. The lowest BCUT2D eigenvalue weighted by Gasteiger charge is -2.21. The van der Waals surface area contributed by atoms with Crippen molar-refractivity contribution in [2.24, 2.45) is 0 Å². The third-order valence-corrected chi connectivity index (χ3v) is 4.02. The fraction of sp³-hybridized carbons (Fsp3) is 0.211. The molecular weight excluding hydrogens is 316 g/mol. The van der Waals surface area contributed by atoms with Crippen molar-refractivity contribution in [2.45, 2.75) is 13.5 Å². The van der Waals surface area contributed by atoms with E-state index in [2.05, 4.69) is 10.3 Å². The van der Waals surface area contributed by atoms with Gasteiger partial charge in [0.05, 0.1) is 25.0 Å². The molecule has 0 radical (unpaired) electrons. The molecule has 0 aliphatic rings. The Kier molecular flexibility index (Phi) is 5.09. The molecule has 0 saturated carbocycles. The van der Waals surface area contributed by atoms with Gasteiger partial charge in [-0.1, -0.05) is 24.3 Å². The second-order valence-electron chi connectivity index (χ2n) is 5.63. The van der Waals surface area contributed by atoms with Crippen molar-refractivity contribution in [1.29, 1.82) is 0 Å². The van der Waals surface area contributed by atoms with Gasteiger partial charge in [0.15, 0.2) is 0 Å². The number of likely N-dealkylation sites (N-methyl/N-ethyl adjacent to an activating group) is 1. The van der Waals surface area contributed by atoms with E-state index in [0.29, 0.717) is 18.7 Å². The highest BCUT2D eigenvalue weighted by molar-refractivity contribution is 5.96. The summed E-state index contributed by atoms with van der Waals surface area (Å²) >= 11 is 0. The van der Waals surface area contributed by atoms with E-state index in [9.17, 15) is 9.59 Å². The number of imidazole rings is 1. The summed E-state index contributed by atoms with van der Waals surface area (Å²) in [6.45, 7) is 2.89. The molecule has 2 amide bonds. The van der Waals surface area contributed by atoms with Gasteiger partial charge >= 0.3 is 0 Å². The van der Waals surface area contributed by atoms with Crippen molar-refractivity contribution >= 4 is 17.5 Å². The minimum absolute atomic E-state index is 0.0295. The average Bonchev–Trinajstić information content (AvgIpc) is 3.07. The standard InChI is InChI=1S/C19H20N4O2/c1-2-22(14-16-12-20-17-10-6-7-11-23(16)17)18(24)13-21-19(25)15-8-4-3-5-9-15/h3-12H,2,13-14H2,1H3,(H,21,25). The van der Waals surface area contributed by atoms with Crippen LogP contribution in [0.4, 0.5) is 0 Å². The lowest BCUT2D eigenvalue weighted by Crippen LogP contribution is -2.40. The monoisotopic (exact) mass is 336 g/mol. The Morgan fingerprint density at radius 2 is 1.88 bits per heavy atom. The average molecular weight is 336 g/mol. The predicted molar refractivity (Wildman–Crippen MR) is 95.1 cm³/mol. The number of pyridine rings is 1. The molecule has 0 saturated heterocycles. The normalized spacial score (nSPS) is 10.6. The van der Waals surface area contributed by atoms with Crippen LogP contribution in [0.2, 0.25) is 0 Å². The van der Waals surface area contributed by atoms with E-state index in [-0.39, 0.29) is 18.4 Å². The maximum absolute atomic E-state index is 12.5. The van der Waals surface area contributed by atoms with Gasteiger partial charge in [0.25, 0.3) is 5.91 Å². The first kappa shape index (κ1) is 16.7. The van der Waals surface area contributed by atoms with Crippen molar-refractivity contribution in [3.05, 3.63) is 72.2 Å². The molecule has 0 unspecified atom stereocenters. The molecule has 25 heavy (non-hydrogen) atoms. The van der Waals surface area contributed by atoms with E-state index in [4.69, 9.17) is 0 Å². The number of hydrogen-bond donors (Lipinski definition) is 1. The maximum Gasteiger partial charge on any atom is 0.251 e. The van der Waals surface area contributed by atoms with Gasteiger partial charge in [-0.2, -0.15) is 0 Å². The summed E-state index contributed by atoms with van der Waals surface area (Å²) in [7, 11) is 0. The zero-order valence-electron chi connectivity index (χ0n) is 14.1. The van der Waals surface area contributed by atoms with Crippen LogP contribution in [-0.2, 0) is 11.3 Å². The highest BCUT2D eigenvalue weighted by Crippen LogP contribution is 2.09. The molecule has 0 spiro atoms. The van der Waals surface area contributed by atoms with Gasteiger partial charge in [-0.15, -0.1) is 0 Å². The number of carbonyl (C=O) groups excluding carboxylic acids is 2. The third kappa shape index (κ3) is 3.85. The lowest BCUT2D eigenvalue weighted by molar-refractivity contribution is -0.130. The van der Waals surface area contributed by atoms with E-state index in [1.807, 2.05) is 41.8 Å². The highest BCUT2D eigenvalue weighted by atomic mass is 16.2. The molecule has 6 heteroatoms. The first-order valence-electron chi connectivity index (χ1n) is 8.21. The Morgan fingerprint density at radius 1 is 1.12 bits per heavy atom. The van der Waals surface area contributed by atoms with Crippen LogP contribution in [-0.4, -0.2) is 39.2 Å². The first-order valence-corrected chi connectivity index (χ1v) is 8.21. The van der Waals surface area contributed by atoms with Gasteiger partial charge in [0.1, 0.15) is 5.65 Å². The number of benzene rings is 1. The molecule has 3 aromatic rings. The molecule has 2 aromatic heterocycles. The Morgan fingerprint density at radius 3 is 2.64 bits per heavy atom. The van der Waals surface area contributed by atoms with Crippen molar-refractivity contribution in [3.63, 3.8) is 0 Å². The summed E-state index contributed by atoms with van der Waals surface area (Å²) in [5.41, 5.74) is 2.32. The summed E-state index contributed by atoms with van der Waals surface area (Å²) in [6, 6.07) is 14.6. The largest absolute Gasteiger partial charge is 0.343 e. The van der Waals surface area contributed by atoms with Crippen LogP contribution < -0.4 is 5.32 Å². The zero-order valence-corrected chi connectivity index (χ0v) is 14.1. The van der Waals surface area contributed by atoms with E-state index < -0.39 is 0 Å². The van der Waals surface area contributed by atoms with Crippen molar-refractivity contribution in [3.8, 4) is 0 Å². The minimum atomic E-state index is -0.250. The fourth-order valence-corrected chi connectivity index (χ4v) is 2.63. The van der Waals surface area contributed by atoms with Crippen LogP contribution in [0.1, 0.15) is 23.0 Å². The number of rotatable bonds is 6. The molecule has 0 bridgehead atoms. The van der Waals surface area contributed by atoms with Gasteiger partial charge in [-0.3, -0.25) is 9.59 Å². The Balaban J connectivity index is 1.62. The Bertz CT molecular complexity index is 873. The first-order chi connectivity index (χ1) is 12.2. The van der Waals surface area contributed by atoms with Crippen LogP contribution in [0, 0.1) is 0 Å². The smallest absolute Gasteiger partial charge is 0.251 e. The van der Waals surface area contributed by atoms with Crippen LogP contribution >= 0.6 is 0 Å². The highest BCUT2D eigenvalue weighted by Gasteiger charge is 2.15. The van der Waals surface area contributed by atoms with E-state index >= 15 is 0 Å². The summed E-state index contributed by atoms with van der Waals surface area (Å²) in [4.78, 5) is 30.5. The molecule has 6 nitrogen and oxygen atoms in total. The van der Waals surface area contributed by atoms with Gasteiger partial charge < -0.3 is 14.6 Å². The molecule has 2 heterocycles. The molecule has 0 aliphatic carbocycles. The summed E-state index contributed by atoms with van der Waals surface area (Å²) in [5.74, 6) is -0.377. The van der Waals surface area contributed by atoms with Crippen molar-refractivity contribution in [1.82, 2.24) is 19.6 Å². The zero-order chi connectivity index (χ0) is 17.6. The molecule has 3 rings (SSSR count). The Labute approximate surface area is 146 Å². The Hall–Kier alpha value is -3.15. The van der Waals surface area contributed by atoms with Crippen LogP contribution in [0.25, 0.3) is 5.65 Å². The SMILES string of the molecule is CCN(Cc1cnc2ccccn12)C(=O)CNC(=O)c1ccccc1. The summed E-state index contributed by atoms with van der Waals surface area (Å²) in [6.07, 6.45) is 3.70. The van der Waals surface area contributed by atoms with Gasteiger partial charge in [0.2, 0.25) is 5.91 Å². The van der Waals surface area contributed by atoms with Gasteiger partial charge in [-0.25, -0.2) is 4.98 Å². The van der Waals surface area contributed by atoms with Crippen molar-refractivity contribution < 1.29 is 9.59 Å². The molecule has 0 fully saturated rings. The van der Waals surface area contributed by atoms with E-state index in [1.54, 1.807) is 35.4 Å². The van der Waals surface area contributed by atoms with E-state index in [0.717, 1.165) is 11.3 Å². The van der Waals surface area contributed by atoms with Crippen molar-refractivity contribution in [2.75, 3.05) is 13.1 Å². The second-order valence-corrected chi connectivity index (χ2v) is 5.63. The number of aromatic nitrogens is 2. The van der Waals surface area contributed by atoms with Gasteiger partial charge in [-0.05, 0) is 31.2 Å². The molecule has 128 valence electrons. The van der Waals surface area contributed by atoms with Gasteiger partial charge in [0, 0.05) is 18.3 Å². The number of carbonyl (C=O) groups is 2. The molecule has 1 N–H and O–H groups in total. The molecule has 0 aliphatic heterocycles. The minimum Gasteiger partial charge on any atom is -0.343 e. The topological polar surface area (TPSA) is 66.7 Å². The van der Waals surface area contributed by atoms with Crippen LogP contribution in [0.15, 0.2) is 60.9 Å². The fourth-order valence-electron chi connectivity index (χ4n) is 2.63. The number of amides is 2. The summed E-state index contributed by atoms with van der Waals surface area (Å²) < 4.78 is 1.96. The second kappa shape index (κ2) is 7.61. The van der Waals surface area contributed by atoms with E-state index in [1.165, 1.54) is 0 Å². The lowest BCUT2D eigenvalue weighted by atomic mass is 10.2. The number of fused-ring (bicyclic) bond motifs is 1. The number of hydrogen-bond acceptors (Lipinski definition) is 3. The number of nitrogens with zero attached hydrogens (tertiary/aromatic N) is 3. The van der Waals surface area contributed by atoms with Crippen LogP contribution in [0.5, 0.6) is 0 Å². The molecule has 1 aromatic carbocycles. The molecule has 0 atom stereocenters. The predicted octanol–water partition coefficient (Wildman–Crippen LogP) is 2.11. The quantitative estimate of drug-likeness (QED) is 0.750.